The van der Waals surface area contributed by atoms with Crippen molar-refractivity contribution in [2.75, 3.05) is 24.2 Å². The number of hydrogen-bond acceptors (Lipinski definition) is 5. The van der Waals surface area contributed by atoms with Gasteiger partial charge in [-0.15, -0.1) is 11.8 Å². The molecule has 1 aliphatic heterocycles. The molecule has 4 rings (SSSR count). The van der Waals surface area contributed by atoms with Crippen molar-refractivity contribution < 1.29 is 9.18 Å². The lowest BCUT2D eigenvalue weighted by atomic mass is 9.97. The molecule has 7 heteroatoms. The smallest absolute Gasteiger partial charge is 0.225 e. The van der Waals surface area contributed by atoms with Crippen LogP contribution in [0.5, 0.6) is 0 Å². The van der Waals surface area contributed by atoms with Crippen LogP contribution < -0.4 is 10.2 Å². The number of amides is 1. The van der Waals surface area contributed by atoms with Crippen LogP contribution in [0.4, 0.5) is 10.2 Å². The van der Waals surface area contributed by atoms with E-state index in [1.807, 2.05) is 12.3 Å². The zero-order valence-electron chi connectivity index (χ0n) is 17.4. The average molecular weight is 437 g/mol. The van der Waals surface area contributed by atoms with Crippen molar-refractivity contribution in [2.24, 2.45) is 5.92 Å². The van der Waals surface area contributed by atoms with E-state index in [1.54, 1.807) is 30.1 Å². The van der Waals surface area contributed by atoms with E-state index in [4.69, 9.17) is 0 Å². The van der Waals surface area contributed by atoms with Crippen LogP contribution >= 0.6 is 11.8 Å². The van der Waals surface area contributed by atoms with E-state index in [-0.39, 0.29) is 17.6 Å². The van der Waals surface area contributed by atoms with E-state index >= 15 is 0 Å². The molecule has 0 aliphatic carbocycles. The zero-order valence-corrected chi connectivity index (χ0v) is 18.2. The summed E-state index contributed by atoms with van der Waals surface area (Å²) < 4.78 is 13.2. The number of carbonyl (C=O) groups is 1. The van der Waals surface area contributed by atoms with Gasteiger partial charge in [-0.05, 0) is 67.1 Å². The number of nitrogens with one attached hydrogen (secondary N) is 1. The van der Waals surface area contributed by atoms with Crippen LogP contribution in [0.3, 0.4) is 0 Å². The second-order valence-corrected chi connectivity index (χ2v) is 8.48. The minimum atomic E-state index is -0.287. The van der Waals surface area contributed by atoms with Gasteiger partial charge in [0.1, 0.15) is 11.6 Å². The SMILES string of the molecule is CSc1ccc(CNC(=O)[C@@H]2CCCN(c3ccnc(-c4ccc(F)cc4)n3)C2)cc1. The minimum Gasteiger partial charge on any atom is -0.356 e. The quantitative estimate of drug-likeness (QED) is 0.575. The number of rotatable bonds is 6. The first-order valence-corrected chi connectivity index (χ1v) is 11.6. The van der Waals surface area contributed by atoms with Crippen molar-refractivity contribution >= 4 is 23.5 Å². The van der Waals surface area contributed by atoms with Gasteiger partial charge in [-0.25, -0.2) is 14.4 Å². The molecule has 0 spiro atoms. The second kappa shape index (κ2) is 9.92. The van der Waals surface area contributed by atoms with Crippen LogP contribution in [0.15, 0.2) is 65.7 Å². The molecule has 3 aromatic rings. The number of thioether (sulfide) groups is 1. The van der Waals surface area contributed by atoms with E-state index in [2.05, 4.69) is 44.5 Å². The van der Waals surface area contributed by atoms with E-state index < -0.39 is 0 Å². The molecule has 31 heavy (non-hydrogen) atoms. The molecule has 1 atom stereocenters. The molecule has 5 nitrogen and oxygen atoms in total. The standard InChI is InChI=1S/C24H25FN4OS/c1-31-21-10-4-17(5-11-21)15-27-24(30)19-3-2-14-29(16-19)22-12-13-26-23(28-22)18-6-8-20(25)9-7-18/h4-13,19H,2-3,14-16H2,1H3,(H,27,30)/t19-/m1/s1. The predicted molar refractivity (Wildman–Crippen MR) is 122 cm³/mol. The number of benzene rings is 2. The molecule has 0 radical (unpaired) electrons. The maximum Gasteiger partial charge on any atom is 0.225 e. The fourth-order valence-electron chi connectivity index (χ4n) is 3.74. The molecule has 1 N–H and O–H groups in total. The summed E-state index contributed by atoms with van der Waals surface area (Å²) in [6.07, 6.45) is 5.55. The minimum absolute atomic E-state index is 0.0754. The number of hydrogen-bond donors (Lipinski definition) is 1. The van der Waals surface area contributed by atoms with Gasteiger partial charge in [0.25, 0.3) is 0 Å². The summed E-state index contributed by atoms with van der Waals surface area (Å²) in [6.45, 7) is 2.00. The first-order valence-electron chi connectivity index (χ1n) is 10.4. The number of piperidine rings is 1. The lowest BCUT2D eigenvalue weighted by molar-refractivity contribution is -0.125. The van der Waals surface area contributed by atoms with Gasteiger partial charge < -0.3 is 10.2 Å². The number of carbonyl (C=O) groups excluding carboxylic acids is 1. The maximum absolute atomic E-state index is 13.2. The Hall–Kier alpha value is -2.93. The van der Waals surface area contributed by atoms with E-state index in [0.717, 1.165) is 36.3 Å². The fraction of sp³-hybridized carbons (Fsp3) is 0.292. The Kier molecular flexibility index (Phi) is 6.82. The molecule has 1 aliphatic rings. The van der Waals surface area contributed by atoms with E-state index in [9.17, 15) is 9.18 Å². The van der Waals surface area contributed by atoms with Crippen molar-refractivity contribution in [3.63, 3.8) is 0 Å². The number of halogens is 1. The number of nitrogens with zero attached hydrogens (tertiary/aromatic N) is 3. The van der Waals surface area contributed by atoms with Crippen molar-refractivity contribution in [3.8, 4) is 11.4 Å². The lowest BCUT2D eigenvalue weighted by Crippen LogP contribution is -2.43. The number of anilines is 1. The summed E-state index contributed by atoms with van der Waals surface area (Å²) in [5.41, 5.74) is 1.86. The molecule has 1 fully saturated rings. The Morgan fingerprint density at radius 2 is 1.94 bits per heavy atom. The Balaban J connectivity index is 1.39. The van der Waals surface area contributed by atoms with Gasteiger partial charge in [-0.3, -0.25) is 4.79 Å². The Morgan fingerprint density at radius 3 is 2.68 bits per heavy atom. The summed E-state index contributed by atoms with van der Waals surface area (Å²) in [7, 11) is 0. The van der Waals surface area contributed by atoms with Crippen molar-refractivity contribution in [1.82, 2.24) is 15.3 Å². The average Bonchev–Trinajstić information content (AvgIpc) is 2.83. The van der Waals surface area contributed by atoms with E-state index in [0.29, 0.717) is 18.9 Å². The first kappa shape index (κ1) is 21.3. The molecule has 0 unspecified atom stereocenters. The Labute approximate surface area is 186 Å². The molecule has 0 saturated carbocycles. The first-order chi connectivity index (χ1) is 15.1. The molecule has 1 saturated heterocycles. The van der Waals surface area contributed by atoms with Gasteiger partial charge in [-0.1, -0.05) is 12.1 Å². The molecule has 2 aromatic carbocycles. The maximum atomic E-state index is 13.2. The third-order valence-electron chi connectivity index (χ3n) is 5.49. The summed E-state index contributed by atoms with van der Waals surface area (Å²) in [5.74, 6) is 1.05. The normalized spacial score (nSPS) is 16.2. The molecule has 1 aromatic heterocycles. The third kappa shape index (κ3) is 5.41. The molecular weight excluding hydrogens is 411 g/mol. The van der Waals surface area contributed by atoms with Gasteiger partial charge in [0, 0.05) is 36.3 Å². The van der Waals surface area contributed by atoms with Crippen molar-refractivity contribution in [1.29, 1.82) is 0 Å². The summed E-state index contributed by atoms with van der Waals surface area (Å²) in [4.78, 5) is 25.1. The predicted octanol–water partition coefficient (Wildman–Crippen LogP) is 4.54. The topological polar surface area (TPSA) is 58.1 Å². The highest BCUT2D eigenvalue weighted by Gasteiger charge is 2.26. The van der Waals surface area contributed by atoms with Gasteiger partial charge in [0.2, 0.25) is 5.91 Å². The Morgan fingerprint density at radius 1 is 1.16 bits per heavy atom. The summed E-state index contributed by atoms with van der Waals surface area (Å²) in [5, 5.41) is 3.08. The molecule has 0 bridgehead atoms. The van der Waals surface area contributed by atoms with Crippen LogP contribution in [0.1, 0.15) is 18.4 Å². The van der Waals surface area contributed by atoms with Gasteiger partial charge >= 0.3 is 0 Å². The van der Waals surface area contributed by atoms with Gasteiger partial charge in [0.05, 0.1) is 5.92 Å². The van der Waals surface area contributed by atoms with Crippen LogP contribution in [-0.2, 0) is 11.3 Å². The largest absolute Gasteiger partial charge is 0.356 e. The fourth-order valence-corrected chi connectivity index (χ4v) is 4.15. The molecule has 160 valence electrons. The van der Waals surface area contributed by atoms with E-state index in [1.165, 1.54) is 17.0 Å². The van der Waals surface area contributed by atoms with Gasteiger partial charge in [-0.2, -0.15) is 0 Å². The third-order valence-corrected chi connectivity index (χ3v) is 6.23. The molecular formula is C24H25FN4OS. The monoisotopic (exact) mass is 436 g/mol. The van der Waals surface area contributed by atoms with Crippen molar-refractivity contribution in [3.05, 3.63) is 72.2 Å². The highest BCUT2D eigenvalue weighted by Crippen LogP contribution is 2.24. The van der Waals surface area contributed by atoms with Crippen molar-refractivity contribution in [2.45, 2.75) is 24.3 Å². The van der Waals surface area contributed by atoms with Crippen LogP contribution in [-0.4, -0.2) is 35.2 Å². The second-order valence-electron chi connectivity index (χ2n) is 7.60. The van der Waals surface area contributed by atoms with Crippen LogP contribution in [0, 0.1) is 11.7 Å². The molecule has 1 amide bonds. The summed E-state index contributed by atoms with van der Waals surface area (Å²) in [6, 6.07) is 16.3. The van der Waals surface area contributed by atoms with Crippen LogP contribution in [0.25, 0.3) is 11.4 Å². The Bertz CT molecular complexity index is 1030. The zero-order chi connectivity index (χ0) is 21.6. The highest BCUT2D eigenvalue weighted by molar-refractivity contribution is 7.98. The number of aromatic nitrogens is 2. The van der Waals surface area contributed by atoms with Gasteiger partial charge in [0.15, 0.2) is 5.82 Å². The summed E-state index contributed by atoms with van der Waals surface area (Å²) >= 11 is 1.70. The lowest BCUT2D eigenvalue weighted by Gasteiger charge is -2.33. The van der Waals surface area contributed by atoms with Crippen LogP contribution in [0.2, 0.25) is 0 Å². The highest BCUT2D eigenvalue weighted by atomic mass is 32.2. The molecule has 2 heterocycles.